The van der Waals surface area contributed by atoms with Crippen LogP contribution in [-0.2, 0) is 21.7 Å². The van der Waals surface area contributed by atoms with Gasteiger partial charge in [-0.25, -0.2) is 0 Å². The van der Waals surface area contributed by atoms with Crippen LogP contribution in [0.1, 0.15) is 63.5 Å². The van der Waals surface area contributed by atoms with Crippen molar-refractivity contribution in [2.45, 2.75) is 64.6 Å². The van der Waals surface area contributed by atoms with E-state index in [-0.39, 0.29) is 16.9 Å². The fourth-order valence-electron chi connectivity index (χ4n) is 4.59. The van der Waals surface area contributed by atoms with Gasteiger partial charge in [-0.05, 0) is 30.4 Å². The summed E-state index contributed by atoms with van der Waals surface area (Å²) >= 11 is 0. The number of amides is 1. The molecule has 1 amide bonds. The van der Waals surface area contributed by atoms with Crippen molar-refractivity contribution in [2.75, 3.05) is 13.1 Å². The fourth-order valence-corrected chi connectivity index (χ4v) is 4.59. The monoisotopic (exact) mass is 340 g/mol. The van der Waals surface area contributed by atoms with Crippen LogP contribution < -0.4 is 0 Å². The molecule has 4 heteroatoms. The van der Waals surface area contributed by atoms with Gasteiger partial charge in [-0.2, -0.15) is 4.99 Å². The number of hydrogen-bond acceptors (Lipinski definition) is 3. The molecule has 1 spiro atoms. The molecule has 1 unspecified atom stereocenters. The largest absolute Gasteiger partial charge is 0.365 e. The van der Waals surface area contributed by atoms with Gasteiger partial charge in [0, 0.05) is 19.5 Å². The van der Waals surface area contributed by atoms with Crippen LogP contribution in [0.5, 0.6) is 0 Å². The van der Waals surface area contributed by atoms with Crippen LogP contribution in [-0.4, -0.2) is 29.7 Å². The summed E-state index contributed by atoms with van der Waals surface area (Å²) < 4.78 is 6.24. The summed E-state index contributed by atoms with van der Waals surface area (Å²) in [7, 11) is 0. The van der Waals surface area contributed by atoms with Crippen molar-refractivity contribution in [3.63, 3.8) is 0 Å². The van der Waals surface area contributed by atoms with Gasteiger partial charge >= 0.3 is 0 Å². The normalized spacial score (nSPS) is 27.7. The Hall–Kier alpha value is -1.68. The number of fused-ring (bicyclic) bond motifs is 2. The molecule has 4 rings (SSSR count). The second-order valence-corrected chi connectivity index (χ2v) is 8.10. The van der Waals surface area contributed by atoms with E-state index in [0.717, 1.165) is 64.1 Å². The third-order valence-electron chi connectivity index (χ3n) is 6.33. The number of carbonyl (C=O) groups is 1. The lowest BCUT2D eigenvalue weighted by molar-refractivity contribution is -0.125. The van der Waals surface area contributed by atoms with E-state index in [2.05, 4.69) is 48.0 Å². The minimum absolute atomic E-state index is 0.0821. The first-order valence-electron chi connectivity index (χ1n) is 9.66. The number of rotatable bonds is 3. The quantitative estimate of drug-likeness (QED) is 0.834. The van der Waals surface area contributed by atoms with Crippen molar-refractivity contribution in [1.29, 1.82) is 0 Å². The zero-order valence-corrected chi connectivity index (χ0v) is 15.4. The third-order valence-corrected chi connectivity index (χ3v) is 6.33. The molecule has 3 aliphatic heterocycles. The number of piperidine rings is 1. The minimum Gasteiger partial charge on any atom is -0.365 e. The van der Waals surface area contributed by atoms with Crippen molar-refractivity contribution < 1.29 is 9.53 Å². The van der Waals surface area contributed by atoms with Crippen molar-refractivity contribution in [2.24, 2.45) is 10.4 Å². The van der Waals surface area contributed by atoms with Crippen molar-refractivity contribution >= 4 is 11.7 Å². The first-order valence-corrected chi connectivity index (χ1v) is 9.66. The molecular formula is C21H28N2O2. The number of unbranched alkanes of at least 4 members (excludes halogenated alkanes) is 1. The van der Waals surface area contributed by atoms with E-state index in [4.69, 9.17) is 4.74 Å². The molecule has 0 saturated carbocycles. The van der Waals surface area contributed by atoms with Crippen molar-refractivity contribution in [3.05, 3.63) is 35.4 Å². The highest BCUT2D eigenvalue weighted by Crippen LogP contribution is 2.45. The van der Waals surface area contributed by atoms with E-state index >= 15 is 0 Å². The SMILES string of the molecule is CCCCC1(C)CC(N2CCC3(CC2)OCc2ccccc23)=NC1=O. The molecule has 1 fully saturated rings. The summed E-state index contributed by atoms with van der Waals surface area (Å²) in [6.07, 6.45) is 5.92. The van der Waals surface area contributed by atoms with Crippen LogP contribution in [0.25, 0.3) is 0 Å². The molecular weight excluding hydrogens is 312 g/mol. The standard InChI is InChI=1S/C21H28N2O2/c1-3-4-9-20(2)14-18(22-19(20)24)23-12-10-21(11-13-23)17-8-6-5-7-16(17)15-25-21/h5-8H,3-4,9-15H2,1-2H3. The number of hydrogen-bond donors (Lipinski definition) is 0. The van der Waals surface area contributed by atoms with E-state index in [1.54, 1.807) is 0 Å². The molecule has 0 bridgehead atoms. The molecule has 0 aliphatic carbocycles. The van der Waals surface area contributed by atoms with E-state index in [1.807, 2.05) is 0 Å². The number of amidine groups is 1. The lowest BCUT2D eigenvalue weighted by Crippen LogP contribution is -2.45. The maximum atomic E-state index is 12.4. The van der Waals surface area contributed by atoms with Gasteiger partial charge in [0.2, 0.25) is 0 Å². The van der Waals surface area contributed by atoms with Crippen LogP contribution in [0.3, 0.4) is 0 Å². The van der Waals surface area contributed by atoms with Gasteiger partial charge in [0.25, 0.3) is 5.91 Å². The van der Waals surface area contributed by atoms with Gasteiger partial charge in [-0.1, -0.05) is 51.0 Å². The summed E-state index contributed by atoms with van der Waals surface area (Å²) in [5.74, 6) is 1.09. The zero-order chi connectivity index (χ0) is 17.5. The highest BCUT2D eigenvalue weighted by Gasteiger charge is 2.45. The third kappa shape index (κ3) is 2.80. The number of carbonyl (C=O) groups excluding carboxylic acids is 1. The molecule has 1 aromatic rings. The van der Waals surface area contributed by atoms with E-state index in [1.165, 1.54) is 11.1 Å². The van der Waals surface area contributed by atoms with Gasteiger partial charge in [0.15, 0.2) is 0 Å². The van der Waals surface area contributed by atoms with Crippen LogP contribution in [0.15, 0.2) is 29.3 Å². The van der Waals surface area contributed by atoms with E-state index in [9.17, 15) is 4.79 Å². The second kappa shape index (κ2) is 6.24. The lowest BCUT2D eigenvalue weighted by Gasteiger charge is -2.40. The van der Waals surface area contributed by atoms with Crippen LogP contribution in [0.2, 0.25) is 0 Å². The van der Waals surface area contributed by atoms with Crippen LogP contribution >= 0.6 is 0 Å². The lowest BCUT2D eigenvalue weighted by atomic mass is 9.81. The fraction of sp³-hybridized carbons (Fsp3) is 0.619. The molecule has 1 saturated heterocycles. The van der Waals surface area contributed by atoms with Gasteiger partial charge < -0.3 is 9.64 Å². The molecule has 3 heterocycles. The molecule has 0 N–H and O–H groups in total. The predicted octanol–water partition coefficient (Wildman–Crippen LogP) is 4.03. The van der Waals surface area contributed by atoms with Gasteiger partial charge in [0.1, 0.15) is 5.84 Å². The summed E-state index contributed by atoms with van der Waals surface area (Å²) in [6, 6.07) is 8.60. The Kier molecular flexibility index (Phi) is 4.19. The van der Waals surface area contributed by atoms with E-state index < -0.39 is 0 Å². The first kappa shape index (κ1) is 16.8. The molecule has 134 valence electrons. The Morgan fingerprint density at radius 2 is 2.00 bits per heavy atom. The van der Waals surface area contributed by atoms with Crippen LogP contribution in [0.4, 0.5) is 0 Å². The Bertz CT molecular complexity index is 704. The molecule has 3 aliphatic rings. The number of ether oxygens (including phenoxy) is 1. The smallest absolute Gasteiger partial charge is 0.253 e. The predicted molar refractivity (Wildman–Crippen MR) is 98.4 cm³/mol. The molecule has 0 radical (unpaired) electrons. The Labute approximate surface area is 150 Å². The summed E-state index contributed by atoms with van der Waals surface area (Å²) in [6.45, 7) is 6.83. The van der Waals surface area contributed by atoms with Crippen molar-refractivity contribution in [3.8, 4) is 0 Å². The average molecular weight is 340 g/mol. The maximum absolute atomic E-state index is 12.4. The highest BCUT2D eigenvalue weighted by molar-refractivity contribution is 6.04. The maximum Gasteiger partial charge on any atom is 0.253 e. The Morgan fingerprint density at radius 3 is 2.76 bits per heavy atom. The van der Waals surface area contributed by atoms with Gasteiger partial charge in [-0.3, -0.25) is 4.79 Å². The van der Waals surface area contributed by atoms with Crippen molar-refractivity contribution in [1.82, 2.24) is 4.90 Å². The van der Waals surface area contributed by atoms with Gasteiger partial charge in [-0.15, -0.1) is 0 Å². The van der Waals surface area contributed by atoms with Crippen LogP contribution in [0, 0.1) is 5.41 Å². The molecule has 4 nitrogen and oxygen atoms in total. The molecule has 25 heavy (non-hydrogen) atoms. The number of benzene rings is 1. The molecule has 1 atom stereocenters. The Balaban J connectivity index is 1.44. The second-order valence-electron chi connectivity index (χ2n) is 8.10. The molecule has 1 aromatic carbocycles. The Morgan fingerprint density at radius 1 is 1.24 bits per heavy atom. The van der Waals surface area contributed by atoms with E-state index in [0.29, 0.717) is 0 Å². The number of likely N-dealkylation sites (tertiary alicyclic amines) is 1. The van der Waals surface area contributed by atoms with Gasteiger partial charge in [0.05, 0.1) is 17.6 Å². The summed E-state index contributed by atoms with van der Waals surface area (Å²) in [4.78, 5) is 19.2. The summed E-state index contributed by atoms with van der Waals surface area (Å²) in [5, 5.41) is 0. The first-order chi connectivity index (χ1) is 12.1. The minimum atomic E-state index is -0.281. The molecule has 0 aromatic heterocycles. The average Bonchev–Trinajstić information content (AvgIpc) is 3.13. The number of nitrogens with zero attached hydrogens (tertiary/aromatic N) is 2. The highest BCUT2D eigenvalue weighted by atomic mass is 16.5. The number of aliphatic imine (C=N–C) groups is 1. The zero-order valence-electron chi connectivity index (χ0n) is 15.4. The summed E-state index contributed by atoms with van der Waals surface area (Å²) in [5.41, 5.74) is 2.29. The topological polar surface area (TPSA) is 41.9 Å².